The molecule has 0 radical (unpaired) electrons. The van der Waals surface area contributed by atoms with E-state index in [1.165, 1.54) is 43.1 Å². The van der Waals surface area contributed by atoms with E-state index in [9.17, 15) is 4.39 Å². The van der Waals surface area contributed by atoms with E-state index in [1.54, 1.807) is 6.07 Å². The zero-order valence-electron chi connectivity index (χ0n) is 12.0. The van der Waals surface area contributed by atoms with Gasteiger partial charge in [-0.2, -0.15) is 11.8 Å². The summed E-state index contributed by atoms with van der Waals surface area (Å²) in [5, 5.41) is 0. The van der Waals surface area contributed by atoms with Gasteiger partial charge in [0.2, 0.25) is 0 Å². The predicted molar refractivity (Wildman–Crippen MR) is 85.3 cm³/mol. The second kappa shape index (κ2) is 5.61. The van der Waals surface area contributed by atoms with Crippen LogP contribution in [0.15, 0.2) is 18.2 Å². The monoisotopic (exact) mass is 305 g/mol. The molecule has 2 saturated heterocycles. The molecule has 1 N–H and O–H groups in total. The van der Waals surface area contributed by atoms with Crippen LogP contribution in [0.3, 0.4) is 0 Å². The van der Waals surface area contributed by atoms with Crippen molar-refractivity contribution in [1.82, 2.24) is 14.9 Å². The number of H-pyrrole nitrogens is 1. The highest BCUT2D eigenvalue weighted by Gasteiger charge is 2.29. The Morgan fingerprint density at radius 1 is 1.24 bits per heavy atom. The van der Waals surface area contributed by atoms with Gasteiger partial charge in [-0.15, -0.1) is 0 Å². The molecule has 0 aliphatic carbocycles. The number of hydrogen-bond donors (Lipinski definition) is 1. The molecule has 1 unspecified atom stereocenters. The molecule has 1 atom stereocenters. The lowest BCUT2D eigenvalue weighted by Gasteiger charge is -2.35. The van der Waals surface area contributed by atoms with Gasteiger partial charge in [-0.25, -0.2) is 9.37 Å². The van der Waals surface area contributed by atoms with Crippen LogP contribution >= 0.6 is 11.8 Å². The van der Waals surface area contributed by atoms with E-state index >= 15 is 0 Å². The molecule has 1 aromatic carbocycles. The highest BCUT2D eigenvalue weighted by molar-refractivity contribution is 7.99. The summed E-state index contributed by atoms with van der Waals surface area (Å²) in [6.07, 6.45) is 3.66. The SMILES string of the molecule is Fc1ccc2nc(C3CCN(C4CCSC4)CC3)[nH]c2c1. The van der Waals surface area contributed by atoms with E-state index in [4.69, 9.17) is 0 Å². The maximum Gasteiger partial charge on any atom is 0.125 e. The summed E-state index contributed by atoms with van der Waals surface area (Å²) >= 11 is 2.08. The van der Waals surface area contributed by atoms with Crippen molar-refractivity contribution in [3.05, 3.63) is 29.8 Å². The number of benzene rings is 1. The van der Waals surface area contributed by atoms with Gasteiger partial charge in [0.1, 0.15) is 11.6 Å². The first-order valence-corrected chi connectivity index (χ1v) is 8.92. The van der Waals surface area contributed by atoms with E-state index in [1.807, 2.05) is 0 Å². The van der Waals surface area contributed by atoms with E-state index in [2.05, 4.69) is 26.6 Å². The molecule has 2 aliphatic heterocycles. The summed E-state index contributed by atoms with van der Waals surface area (Å²) in [4.78, 5) is 10.6. The van der Waals surface area contributed by atoms with Crippen molar-refractivity contribution in [2.75, 3.05) is 24.6 Å². The number of nitrogens with one attached hydrogen (secondary N) is 1. The summed E-state index contributed by atoms with van der Waals surface area (Å²) in [5.41, 5.74) is 1.70. The van der Waals surface area contributed by atoms with Crippen LogP contribution in [-0.2, 0) is 0 Å². The van der Waals surface area contributed by atoms with E-state index in [0.29, 0.717) is 5.92 Å². The van der Waals surface area contributed by atoms with Gasteiger partial charge in [-0.05, 0) is 56.3 Å². The Balaban J connectivity index is 1.46. The normalized spacial score (nSPS) is 24.9. The first-order valence-electron chi connectivity index (χ1n) is 7.76. The van der Waals surface area contributed by atoms with Crippen LogP contribution in [0.25, 0.3) is 11.0 Å². The van der Waals surface area contributed by atoms with Crippen LogP contribution in [0.5, 0.6) is 0 Å². The van der Waals surface area contributed by atoms with Crippen LogP contribution < -0.4 is 0 Å². The molecular weight excluding hydrogens is 285 g/mol. The van der Waals surface area contributed by atoms with Gasteiger partial charge in [0.05, 0.1) is 11.0 Å². The van der Waals surface area contributed by atoms with Crippen molar-refractivity contribution >= 4 is 22.8 Å². The molecule has 3 heterocycles. The Labute approximate surface area is 128 Å². The minimum atomic E-state index is -0.203. The van der Waals surface area contributed by atoms with Crippen molar-refractivity contribution in [1.29, 1.82) is 0 Å². The van der Waals surface area contributed by atoms with Crippen molar-refractivity contribution in [3.63, 3.8) is 0 Å². The number of nitrogens with zero attached hydrogens (tertiary/aromatic N) is 2. The van der Waals surface area contributed by atoms with E-state index in [-0.39, 0.29) is 5.82 Å². The number of fused-ring (bicyclic) bond motifs is 1. The summed E-state index contributed by atoms with van der Waals surface area (Å²) in [5.74, 6) is 3.95. The molecule has 112 valence electrons. The molecule has 0 spiro atoms. The smallest absolute Gasteiger partial charge is 0.125 e. The van der Waals surface area contributed by atoms with Gasteiger partial charge < -0.3 is 4.98 Å². The predicted octanol–water partition coefficient (Wildman–Crippen LogP) is 3.39. The third kappa shape index (κ3) is 2.69. The van der Waals surface area contributed by atoms with E-state index < -0.39 is 0 Å². The molecule has 3 nitrogen and oxygen atoms in total. The summed E-state index contributed by atoms with van der Waals surface area (Å²) in [6, 6.07) is 5.57. The zero-order valence-corrected chi connectivity index (χ0v) is 12.8. The van der Waals surface area contributed by atoms with Crippen LogP contribution in [0.4, 0.5) is 4.39 Å². The third-order valence-corrected chi connectivity index (χ3v) is 5.95. The lowest BCUT2D eigenvalue weighted by atomic mass is 9.95. The number of rotatable bonds is 2. The van der Waals surface area contributed by atoms with Crippen LogP contribution in [0.2, 0.25) is 0 Å². The molecule has 2 fully saturated rings. The lowest BCUT2D eigenvalue weighted by Crippen LogP contribution is -2.41. The molecule has 0 bridgehead atoms. The molecule has 2 aliphatic rings. The first kappa shape index (κ1) is 13.6. The second-order valence-electron chi connectivity index (χ2n) is 6.11. The van der Waals surface area contributed by atoms with Gasteiger partial charge >= 0.3 is 0 Å². The fourth-order valence-corrected chi connectivity index (χ4v) is 4.80. The lowest BCUT2D eigenvalue weighted by molar-refractivity contribution is 0.163. The van der Waals surface area contributed by atoms with E-state index in [0.717, 1.165) is 35.7 Å². The van der Waals surface area contributed by atoms with Gasteiger partial charge in [0.25, 0.3) is 0 Å². The minimum absolute atomic E-state index is 0.203. The largest absolute Gasteiger partial charge is 0.342 e. The molecule has 5 heteroatoms. The Kier molecular flexibility index (Phi) is 3.63. The van der Waals surface area contributed by atoms with Crippen molar-refractivity contribution in [2.45, 2.75) is 31.2 Å². The fourth-order valence-electron chi connectivity index (χ4n) is 3.54. The van der Waals surface area contributed by atoms with Crippen molar-refractivity contribution in [3.8, 4) is 0 Å². The fraction of sp³-hybridized carbons (Fsp3) is 0.562. The molecule has 1 aromatic heterocycles. The number of halogens is 1. The molecule has 2 aromatic rings. The average Bonchev–Trinajstić information content (AvgIpc) is 3.16. The molecule has 0 saturated carbocycles. The Hall–Kier alpha value is -1.07. The Morgan fingerprint density at radius 3 is 2.86 bits per heavy atom. The number of aromatic nitrogens is 2. The molecule has 21 heavy (non-hydrogen) atoms. The Bertz CT molecular complexity index is 627. The second-order valence-corrected chi connectivity index (χ2v) is 7.26. The maximum atomic E-state index is 13.3. The van der Waals surface area contributed by atoms with Crippen LogP contribution in [0.1, 0.15) is 31.0 Å². The van der Waals surface area contributed by atoms with Gasteiger partial charge in [0, 0.05) is 17.7 Å². The summed E-state index contributed by atoms with van der Waals surface area (Å²) in [7, 11) is 0. The number of hydrogen-bond acceptors (Lipinski definition) is 3. The topological polar surface area (TPSA) is 31.9 Å². The standard InChI is InChI=1S/C16H20FN3S/c17-12-1-2-14-15(9-12)19-16(18-14)11-3-6-20(7-4-11)13-5-8-21-10-13/h1-2,9,11,13H,3-8,10H2,(H,18,19). The first-order chi connectivity index (χ1) is 10.3. The highest BCUT2D eigenvalue weighted by atomic mass is 32.2. The molecule has 0 amide bonds. The minimum Gasteiger partial charge on any atom is -0.342 e. The van der Waals surface area contributed by atoms with Gasteiger partial charge in [-0.3, -0.25) is 4.90 Å². The number of thioether (sulfide) groups is 1. The zero-order chi connectivity index (χ0) is 14.2. The number of piperidine rings is 1. The highest BCUT2D eigenvalue weighted by Crippen LogP contribution is 2.31. The van der Waals surface area contributed by atoms with Crippen LogP contribution in [-0.4, -0.2) is 45.5 Å². The van der Waals surface area contributed by atoms with Crippen LogP contribution in [0, 0.1) is 5.82 Å². The van der Waals surface area contributed by atoms with Gasteiger partial charge in [-0.1, -0.05) is 0 Å². The van der Waals surface area contributed by atoms with Crippen molar-refractivity contribution in [2.24, 2.45) is 0 Å². The Morgan fingerprint density at radius 2 is 2.10 bits per heavy atom. The number of aromatic amines is 1. The summed E-state index contributed by atoms with van der Waals surface area (Å²) < 4.78 is 13.3. The quantitative estimate of drug-likeness (QED) is 0.923. The number of imidazole rings is 1. The number of likely N-dealkylation sites (tertiary alicyclic amines) is 1. The molecule has 4 rings (SSSR count). The van der Waals surface area contributed by atoms with Gasteiger partial charge in [0.15, 0.2) is 0 Å². The summed E-state index contributed by atoms with van der Waals surface area (Å²) in [6.45, 7) is 2.34. The average molecular weight is 305 g/mol. The maximum absolute atomic E-state index is 13.3. The third-order valence-electron chi connectivity index (χ3n) is 4.80. The molecular formula is C16H20FN3S. The van der Waals surface area contributed by atoms with Crippen molar-refractivity contribution < 1.29 is 4.39 Å².